The molecule has 2 aliphatic heterocycles. The molecular formula is C14H26O9. The fourth-order valence-corrected chi connectivity index (χ4v) is 2.88. The topological polar surface area (TPSA) is 149 Å². The first-order chi connectivity index (χ1) is 10.8. The lowest BCUT2D eigenvalue weighted by Gasteiger charge is -2.45. The molecule has 0 aromatic rings. The first-order valence-electron chi connectivity index (χ1n) is 7.72. The quantitative estimate of drug-likeness (QED) is 0.318. The van der Waals surface area contributed by atoms with Crippen LogP contribution >= 0.6 is 0 Å². The third-order valence-corrected chi connectivity index (χ3v) is 4.64. The van der Waals surface area contributed by atoms with Crippen molar-refractivity contribution >= 4 is 0 Å². The molecule has 6 N–H and O–H groups in total. The number of ether oxygens (including phenoxy) is 3. The van der Waals surface area contributed by atoms with Gasteiger partial charge in [-0.2, -0.15) is 0 Å². The average Bonchev–Trinajstić information content (AvgIpc) is 2.55. The Labute approximate surface area is 134 Å². The molecule has 2 saturated heterocycles. The lowest BCUT2D eigenvalue weighted by molar-refractivity contribution is -0.360. The highest BCUT2D eigenvalue weighted by atomic mass is 16.8. The van der Waals surface area contributed by atoms with E-state index in [2.05, 4.69) is 0 Å². The molecule has 10 atom stereocenters. The molecule has 136 valence electrons. The maximum Gasteiger partial charge on any atom is 0.166 e. The van der Waals surface area contributed by atoms with E-state index in [0.29, 0.717) is 0 Å². The van der Waals surface area contributed by atoms with Gasteiger partial charge >= 0.3 is 0 Å². The summed E-state index contributed by atoms with van der Waals surface area (Å²) >= 11 is 0. The zero-order chi connectivity index (χ0) is 17.3. The van der Waals surface area contributed by atoms with E-state index in [1.54, 1.807) is 13.8 Å². The molecule has 2 aliphatic rings. The zero-order valence-electron chi connectivity index (χ0n) is 13.1. The summed E-state index contributed by atoms with van der Waals surface area (Å²) in [5.74, 6) is -1.22. The van der Waals surface area contributed by atoms with Gasteiger partial charge in [-0.3, -0.25) is 0 Å². The molecule has 9 heteroatoms. The van der Waals surface area contributed by atoms with Crippen LogP contribution in [-0.2, 0) is 14.2 Å². The summed E-state index contributed by atoms with van der Waals surface area (Å²) in [5.41, 5.74) is 0. The van der Waals surface area contributed by atoms with Crippen LogP contribution in [0.2, 0.25) is 0 Å². The van der Waals surface area contributed by atoms with Gasteiger partial charge in [-0.1, -0.05) is 13.8 Å². The summed E-state index contributed by atoms with van der Waals surface area (Å²) in [4.78, 5) is 0. The summed E-state index contributed by atoms with van der Waals surface area (Å²) < 4.78 is 16.5. The van der Waals surface area contributed by atoms with Crippen molar-refractivity contribution in [3.8, 4) is 0 Å². The number of hydrogen-bond acceptors (Lipinski definition) is 9. The van der Waals surface area contributed by atoms with Gasteiger partial charge in [0.25, 0.3) is 0 Å². The van der Waals surface area contributed by atoms with E-state index >= 15 is 0 Å². The van der Waals surface area contributed by atoms with Crippen LogP contribution in [0.15, 0.2) is 0 Å². The molecule has 0 aliphatic carbocycles. The SMILES string of the molecule is CC1C(O)[C@H](O)C(CO)O[C@@H]1O[C@H]1OC(CO)[C@@H](O)[C@H](O)C1C. The van der Waals surface area contributed by atoms with Crippen LogP contribution in [0, 0.1) is 11.8 Å². The van der Waals surface area contributed by atoms with Crippen molar-refractivity contribution in [2.24, 2.45) is 11.8 Å². The van der Waals surface area contributed by atoms with Crippen molar-refractivity contribution in [2.75, 3.05) is 13.2 Å². The minimum absolute atomic E-state index is 0.494. The maximum absolute atomic E-state index is 10.0. The van der Waals surface area contributed by atoms with E-state index in [1.807, 2.05) is 0 Å². The lowest BCUT2D eigenvalue weighted by Crippen LogP contribution is -2.59. The minimum atomic E-state index is -1.24. The standard InChI is InChI=1S/C14H26O9/c1-5-9(17)11(19)7(3-15)21-13(5)23-14-6(2)10(18)12(20)8(4-16)22-14/h5-20H,3-4H2,1-2H3/t5?,6?,7?,8?,9-,10?,11-,12-,13-,14-/m1/s1. The van der Waals surface area contributed by atoms with Gasteiger partial charge in [0.05, 0.1) is 25.4 Å². The number of hydrogen-bond donors (Lipinski definition) is 6. The summed E-state index contributed by atoms with van der Waals surface area (Å²) in [5, 5.41) is 58.1. The largest absolute Gasteiger partial charge is 0.394 e. The third kappa shape index (κ3) is 3.68. The van der Waals surface area contributed by atoms with Gasteiger partial charge in [0.15, 0.2) is 12.6 Å². The number of rotatable bonds is 4. The van der Waals surface area contributed by atoms with Crippen LogP contribution in [0.25, 0.3) is 0 Å². The molecule has 5 unspecified atom stereocenters. The Bertz CT molecular complexity index is 343. The van der Waals surface area contributed by atoms with Gasteiger partial charge < -0.3 is 44.8 Å². The van der Waals surface area contributed by atoms with Crippen LogP contribution < -0.4 is 0 Å². The lowest BCUT2D eigenvalue weighted by atomic mass is 9.91. The van der Waals surface area contributed by atoms with Crippen LogP contribution in [0.5, 0.6) is 0 Å². The Hall–Kier alpha value is -0.360. The Morgan fingerprint density at radius 2 is 1.04 bits per heavy atom. The van der Waals surface area contributed by atoms with Gasteiger partial charge in [-0.25, -0.2) is 0 Å². The van der Waals surface area contributed by atoms with E-state index < -0.39 is 74.3 Å². The molecule has 0 aromatic heterocycles. The molecule has 2 rings (SSSR count). The Morgan fingerprint density at radius 3 is 1.35 bits per heavy atom. The van der Waals surface area contributed by atoms with Crippen molar-refractivity contribution in [3.63, 3.8) is 0 Å². The van der Waals surface area contributed by atoms with Crippen LogP contribution in [0.4, 0.5) is 0 Å². The van der Waals surface area contributed by atoms with Crippen molar-refractivity contribution in [1.29, 1.82) is 0 Å². The fraction of sp³-hybridized carbons (Fsp3) is 1.00. The highest BCUT2D eigenvalue weighted by molar-refractivity contribution is 4.90. The normalized spacial score (nSPS) is 51.7. The van der Waals surface area contributed by atoms with Crippen molar-refractivity contribution in [2.45, 2.75) is 63.1 Å². The van der Waals surface area contributed by atoms with Gasteiger partial charge in [0.2, 0.25) is 0 Å². The summed E-state index contributed by atoms with van der Waals surface area (Å²) in [6.45, 7) is 2.22. The zero-order valence-corrected chi connectivity index (χ0v) is 13.1. The van der Waals surface area contributed by atoms with E-state index in [1.165, 1.54) is 0 Å². The van der Waals surface area contributed by atoms with E-state index in [0.717, 1.165) is 0 Å². The maximum atomic E-state index is 10.0. The predicted octanol–water partition coefficient (Wildman–Crippen LogP) is -2.85. The second-order valence-electron chi connectivity index (χ2n) is 6.27. The second-order valence-corrected chi connectivity index (χ2v) is 6.27. The van der Waals surface area contributed by atoms with Crippen LogP contribution in [0.1, 0.15) is 13.8 Å². The minimum Gasteiger partial charge on any atom is -0.394 e. The molecule has 2 fully saturated rings. The molecule has 0 amide bonds. The summed E-state index contributed by atoms with van der Waals surface area (Å²) in [7, 11) is 0. The monoisotopic (exact) mass is 338 g/mol. The van der Waals surface area contributed by atoms with Crippen LogP contribution in [0.3, 0.4) is 0 Å². The van der Waals surface area contributed by atoms with Gasteiger partial charge in [0, 0.05) is 11.8 Å². The Balaban J connectivity index is 2.07. The van der Waals surface area contributed by atoms with Gasteiger partial charge in [-0.05, 0) is 0 Å². The molecule has 0 aromatic carbocycles. The number of aliphatic hydroxyl groups is 6. The molecule has 0 radical (unpaired) electrons. The molecule has 0 spiro atoms. The van der Waals surface area contributed by atoms with E-state index in [-0.39, 0.29) is 0 Å². The van der Waals surface area contributed by atoms with Crippen molar-refractivity contribution in [3.05, 3.63) is 0 Å². The van der Waals surface area contributed by atoms with Crippen LogP contribution in [-0.4, -0.2) is 93.1 Å². The highest BCUT2D eigenvalue weighted by Gasteiger charge is 2.47. The smallest absolute Gasteiger partial charge is 0.166 e. The van der Waals surface area contributed by atoms with Crippen molar-refractivity contribution < 1.29 is 44.8 Å². The molecule has 0 saturated carbocycles. The van der Waals surface area contributed by atoms with Gasteiger partial charge in [-0.15, -0.1) is 0 Å². The predicted molar refractivity (Wildman–Crippen MR) is 74.9 cm³/mol. The Morgan fingerprint density at radius 1 is 0.696 bits per heavy atom. The second kappa shape index (κ2) is 7.68. The first kappa shape index (κ1) is 19.0. The molecule has 0 bridgehead atoms. The number of aliphatic hydroxyl groups excluding tert-OH is 6. The van der Waals surface area contributed by atoms with Crippen molar-refractivity contribution in [1.82, 2.24) is 0 Å². The molecule has 23 heavy (non-hydrogen) atoms. The van der Waals surface area contributed by atoms with E-state index in [9.17, 15) is 30.6 Å². The van der Waals surface area contributed by atoms with E-state index in [4.69, 9.17) is 14.2 Å². The highest BCUT2D eigenvalue weighted by Crippen LogP contribution is 2.32. The molecule has 2 heterocycles. The summed E-state index contributed by atoms with van der Waals surface area (Å²) in [6.07, 6.45) is -8.78. The molecular weight excluding hydrogens is 312 g/mol. The third-order valence-electron chi connectivity index (χ3n) is 4.64. The molecule has 9 nitrogen and oxygen atoms in total. The van der Waals surface area contributed by atoms with Gasteiger partial charge in [0.1, 0.15) is 24.4 Å². The Kier molecular flexibility index (Phi) is 6.34. The average molecular weight is 338 g/mol. The fourth-order valence-electron chi connectivity index (χ4n) is 2.88. The first-order valence-corrected chi connectivity index (χ1v) is 7.72. The summed E-state index contributed by atoms with van der Waals surface area (Å²) in [6, 6.07) is 0.